The van der Waals surface area contributed by atoms with Crippen molar-refractivity contribution in [3.05, 3.63) is 83.2 Å². The zero-order valence-corrected chi connectivity index (χ0v) is 22.2. The summed E-state index contributed by atoms with van der Waals surface area (Å²) in [4.78, 5) is 0. The fraction of sp³-hybridized carbons (Fsp3) is 0.588. The van der Waals surface area contributed by atoms with E-state index >= 15 is 0 Å². The van der Waals surface area contributed by atoms with Gasteiger partial charge in [-0.15, -0.1) is 0 Å². The van der Waals surface area contributed by atoms with Crippen molar-refractivity contribution in [3.8, 4) is 0 Å². The molecule has 2 fully saturated rings. The number of allylic oxidation sites excluding steroid dienone is 2. The van der Waals surface area contributed by atoms with E-state index in [1.165, 1.54) is 81.8 Å². The van der Waals surface area contributed by atoms with Crippen LogP contribution < -0.4 is 0 Å². The van der Waals surface area contributed by atoms with E-state index in [0.29, 0.717) is 11.8 Å². The Kier molecular flexibility index (Phi) is 10.0. The van der Waals surface area contributed by atoms with Crippen LogP contribution in [0.15, 0.2) is 60.7 Å². The first-order valence-corrected chi connectivity index (χ1v) is 14.6. The van der Waals surface area contributed by atoms with Gasteiger partial charge in [0.15, 0.2) is 0 Å². The molecule has 4 rings (SSSR count). The highest BCUT2D eigenvalue weighted by molar-refractivity contribution is 5.28. The van der Waals surface area contributed by atoms with Crippen molar-refractivity contribution in [3.63, 3.8) is 0 Å². The number of hydrogen-bond donors (Lipinski definition) is 0. The van der Waals surface area contributed by atoms with Gasteiger partial charge in [0.2, 0.25) is 0 Å². The van der Waals surface area contributed by atoms with E-state index in [2.05, 4.69) is 49.4 Å². The Balaban J connectivity index is 1.14. The van der Waals surface area contributed by atoms with Crippen LogP contribution in [0.5, 0.6) is 0 Å². The Labute approximate surface area is 214 Å². The van der Waals surface area contributed by atoms with Gasteiger partial charge in [0.25, 0.3) is 0 Å². The molecule has 0 saturated heterocycles. The summed E-state index contributed by atoms with van der Waals surface area (Å²) in [5.41, 5.74) is 3.61. The van der Waals surface area contributed by atoms with Crippen molar-refractivity contribution in [2.75, 3.05) is 0 Å². The van der Waals surface area contributed by atoms with Crippen molar-refractivity contribution in [2.24, 2.45) is 17.8 Å². The molecular formula is C34H47F. The van der Waals surface area contributed by atoms with Crippen molar-refractivity contribution in [1.29, 1.82) is 0 Å². The maximum absolute atomic E-state index is 14.6. The summed E-state index contributed by atoms with van der Waals surface area (Å²) in [5, 5.41) is 0. The van der Waals surface area contributed by atoms with Crippen LogP contribution in [0.25, 0.3) is 0 Å². The van der Waals surface area contributed by atoms with E-state index in [-0.39, 0.29) is 5.82 Å². The summed E-state index contributed by atoms with van der Waals surface area (Å²) in [5.74, 6) is 4.03. The second kappa shape index (κ2) is 13.4. The number of rotatable bonds is 10. The molecule has 2 aliphatic rings. The predicted molar refractivity (Wildman–Crippen MR) is 148 cm³/mol. The topological polar surface area (TPSA) is 0 Å². The maximum atomic E-state index is 14.6. The molecule has 0 heterocycles. The third kappa shape index (κ3) is 7.80. The second-order valence-corrected chi connectivity index (χ2v) is 11.7. The number of aryl methyl sites for hydroxylation is 1. The molecule has 0 aromatic heterocycles. The minimum Gasteiger partial charge on any atom is -0.207 e. The normalized spacial score (nSPS) is 26.1. The molecule has 0 bridgehead atoms. The highest BCUT2D eigenvalue weighted by Gasteiger charge is 2.26. The Morgan fingerprint density at radius 1 is 0.829 bits per heavy atom. The first-order valence-electron chi connectivity index (χ1n) is 14.6. The third-order valence-electron chi connectivity index (χ3n) is 9.22. The molecule has 2 aromatic carbocycles. The number of halogens is 1. The van der Waals surface area contributed by atoms with E-state index < -0.39 is 0 Å². The maximum Gasteiger partial charge on any atom is 0.126 e. The Bertz CT molecular complexity index is 897. The SMILES string of the molecule is CC=CCCc1ccc(C2CCC(CCC3CCC(C[C@H](C)c4ccccc4)CC3)CC2)cc1F. The van der Waals surface area contributed by atoms with Gasteiger partial charge in [-0.2, -0.15) is 0 Å². The van der Waals surface area contributed by atoms with E-state index in [9.17, 15) is 4.39 Å². The van der Waals surface area contributed by atoms with Gasteiger partial charge in [0, 0.05) is 0 Å². The van der Waals surface area contributed by atoms with Crippen LogP contribution in [0.2, 0.25) is 0 Å². The quantitative estimate of drug-likeness (QED) is 0.300. The van der Waals surface area contributed by atoms with E-state index in [1.807, 2.05) is 25.1 Å². The summed E-state index contributed by atoms with van der Waals surface area (Å²) in [6.07, 6.45) is 21.0. The van der Waals surface area contributed by atoms with E-state index in [4.69, 9.17) is 0 Å². The average Bonchev–Trinajstić information content (AvgIpc) is 2.90. The van der Waals surface area contributed by atoms with Gasteiger partial charge in [0.05, 0.1) is 0 Å². The summed E-state index contributed by atoms with van der Waals surface area (Å²) in [6.45, 7) is 4.43. The lowest BCUT2D eigenvalue weighted by molar-refractivity contribution is 0.220. The lowest BCUT2D eigenvalue weighted by Crippen LogP contribution is -2.18. The predicted octanol–water partition coefficient (Wildman–Crippen LogP) is 10.4. The first kappa shape index (κ1) is 26.2. The molecule has 0 spiro atoms. The highest BCUT2D eigenvalue weighted by Crippen LogP contribution is 2.41. The molecule has 35 heavy (non-hydrogen) atoms. The van der Waals surface area contributed by atoms with Gasteiger partial charge in [-0.25, -0.2) is 4.39 Å². The molecule has 0 amide bonds. The average molecular weight is 475 g/mol. The molecule has 1 heteroatoms. The number of benzene rings is 2. The molecular weight excluding hydrogens is 427 g/mol. The van der Waals surface area contributed by atoms with Gasteiger partial charge < -0.3 is 0 Å². The largest absolute Gasteiger partial charge is 0.207 e. The first-order chi connectivity index (χ1) is 17.1. The summed E-state index contributed by atoms with van der Waals surface area (Å²) in [6, 6.07) is 17.2. The van der Waals surface area contributed by atoms with Gasteiger partial charge in [-0.3, -0.25) is 0 Å². The van der Waals surface area contributed by atoms with Crippen LogP contribution in [0, 0.1) is 23.6 Å². The van der Waals surface area contributed by atoms with Crippen LogP contribution >= 0.6 is 0 Å². The molecule has 0 unspecified atom stereocenters. The fourth-order valence-electron chi connectivity index (χ4n) is 6.86. The monoisotopic (exact) mass is 474 g/mol. The van der Waals surface area contributed by atoms with Gasteiger partial charge in [0.1, 0.15) is 5.82 Å². The minimum atomic E-state index is 0.00268. The van der Waals surface area contributed by atoms with Gasteiger partial charge in [-0.05, 0) is 104 Å². The fourth-order valence-corrected chi connectivity index (χ4v) is 6.86. The van der Waals surface area contributed by atoms with Crippen molar-refractivity contribution >= 4 is 0 Å². The lowest BCUT2D eigenvalue weighted by Gasteiger charge is -2.33. The summed E-state index contributed by atoms with van der Waals surface area (Å²) in [7, 11) is 0. The van der Waals surface area contributed by atoms with Gasteiger partial charge in [-0.1, -0.05) is 100 Å². The van der Waals surface area contributed by atoms with Crippen molar-refractivity contribution < 1.29 is 4.39 Å². The van der Waals surface area contributed by atoms with Crippen LogP contribution in [0.3, 0.4) is 0 Å². The summed E-state index contributed by atoms with van der Waals surface area (Å²) >= 11 is 0. The molecule has 1 atom stereocenters. The molecule has 0 N–H and O–H groups in total. The zero-order valence-electron chi connectivity index (χ0n) is 22.2. The molecule has 2 aliphatic carbocycles. The standard InChI is InChI=1S/C34H47F/c1-3-4-6-11-32-22-23-33(25-34(32)35)31-20-18-28(19-21-31)13-12-27-14-16-29(17-15-27)24-26(2)30-9-7-5-8-10-30/h3-5,7-10,22-23,25-29,31H,6,11-21,24H2,1-2H3/t26-,27?,28?,29?,31?/m0/s1. The third-order valence-corrected chi connectivity index (χ3v) is 9.22. The molecule has 0 aliphatic heterocycles. The van der Waals surface area contributed by atoms with Crippen molar-refractivity contribution in [1.82, 2.24) is 0 Å². The molecule has 190 valence electrons. The van der Waals surface area contributed by atoms with Gasteiger partial charge >= 0.3 is 0 Å². The molecule has 0 nitrogen and oxygen atoms in total. The van der Waals surface area contributed by atoms with Crippen LogP contribution in [-0.2, 0) is 6.42 Å². The second-order valence-electron chi connectivity index (χ2n) is 11.7. The highest BCUT2D eigenvalue weighted by atomic mass is 19.1. The Morgan fingerprint density at radius 3 is 2.09 bits per heavy atom. The van der Waals surface area contributed by atoms with Crippen LogP contribution in [-0.4, -0.2) is 0 Å². The zero-order chi connectivity index (χ0) is 24.5. The Morgan fingerprint density at radius 2 is 1.46 bits per heavy atom. The number of hydrogen-bond acceptors (Lipinski definition) is 0. The summed E-state index contributed by atoms with van der Waals surface area (Å²) < 4.78 is 14.6. The van der Waals surface area contributed by atoms with Crippen LogP contribution in [0.1, 0.15) is 119 Å². The van der Waals surface area contributed by atoms with E-state index in [1.54, 1.807) is 0 Å². The van der Waals surface area contributed by atoms with Crippen molar-refractivity contribution in [2.45, 2.75) is 109 Å². The molecule has 2 aromatic rings. The minimum absolute atomic E-state index is 0.00268. The van der Waals surface area contributed by atoms with E-state index in [0.717, 1.165) is 36.2 Å². The smallest absolute Gasteiger partial charge is 0.126 e. The lowest BCUT2D eigenvalue weighted by atomic mass is 9.73. The van der Waals surface area contributed by atoms with Crippen LogP contribution in [0.4, 0.5) is 4.39 Å². The Hall–Kier alpha value is -1.89. The molecule has 0 radical (unpaired) electrons. The molecule has 2 saturated carbocycles.